The minimum atomic E-state index is -0.474. The van der Waals surface area contributed by atoms with E-state index in [2.05, 4.69) is 17.9 Å². The number of nitrogens with zero attached hydrogens (tertiary/aromatic N) is 2. The van der Waals surface area contributed by atoms with E-state index in [1.54, 1.807) is 17.0 Å². The number of hydrogen-bond donors (Lipinski definition) is 2. The number of nitro benzene ring substituents is 1. The molecular formula is C17H21N3O5S. The number of hydrogen-bond acceptors (Lipinski definition) is 6. The van der Waals surface area contributed by atoms with E-state index in [1.807, 2.05) is 0 Å². The lowest BCUT2D eigenvalue weighted by Crippen LogP contribution is -2.45. The van der Waals surface area contributed by atoms with Crippen LogP contribution in [0.2, 0.25) is 0 Å². The first-order valence-electron chi connectivity index (χ1n) is 8.55. The number of non-ortho nitro benzene ring substituents is 1. The second-order valence-corrected chi connectivity index (χ2v) is 7.42. The van der Waals surface area contributed by atoms with Crippen molar-refractivity contribution in [2.45, 2.75) is 37.2 Å². The highest BCUT2D eigenvalue weighted by Crippen LogP contribution is 2.32. The van der Waals surface area contributed by atoms with Crippen molar-refractivity contribution in [3.05, 3.63) is 39.9 Å². The second kappa shape index (κ2) is 7.94. The predicted octanol–water partition coefficient (Wildman–Crippen LogP) is 2.13. The second-order valence-electron chi connectivity index (χ2n) is 6.69. The Hall–Kier alpha value is -2.29. The van der Waals surface area contributed by atoms with Gasteiger partial charge in [0.2, 0.25) is 5.91 Å². The van der Waals surface area contributed by atoms with E-state index < -0.39 is 11.0 Å². The fraction of sp³-hybridized carbons (Fsp3) is 0.529. The van der Waals surface area contributed by atoms with E-state index in [0.717, 1.165) is 12.8 Å². The maximum Gasteiger partial charge on any atom is 0.410 e. The van der Waals surface area contributed by atoms with Crippen molar-refractivity contribution in [2.24, 2.45) is 5.92 Å². The lowest BCUT2D eigenvalue weighted by molar-refractivity contribution is -0.384. The standard InChI is InChI=1S/C17H21N3O5S/c21-16-7-12(5-6-18-16)15-8-14(26)9-19(15)17(22)25-10-11-1-3-13(4-2-11)20(23)24/h1-4,12,14-15,26H,5-10H2,(H,18,21)/t12-,14-,15-/m0/s1. The van der Waals surface area contributed by atoms with E-state index in [9.17, 15) is 19.7 Å². The number of thiol groups is 1. The van der Waals surface area contributed by atoms with E-state index in [1.165, 1.54) is 12.1 Å². The summed E-state index contributed by atoms with van der Waals surface area (Å²) in [4.78, 5) is 36.1. The molecule has 2 heterocycles. The largest absolute Gasteiger partial charge is 0.445 e. The molecule has 0 bridgehead atoms. The van der Waals surface area contributed by atoms with Crippen molar-refractivity contribution in [3.63, 3.8) is 0 Å². The number of ether oxygens (including phenoxy) is 1. The fourth-order valence-corrected chi connectivity index (χ4v) is 3.97. The van der Waals surface area contributed by atoms with Crippen LogP contribution in [0.15, 0.2) is 24.3 Å². The van der Waals surface area contributed by atoms with Gasteiger partial charge < -0.3 is 15.0 Å². The molecule has 2 aliphatic heterocycles. The number of benzene rings is 1. The number of carbonyl (C=O) groups is 2. The summed E-state index contributed by atoms with van der Waals surface area (Å²) in [6.45, 7) is 1.16. The number of piperidine rings is 1. The van der Waals surface area contributed by atoms with Gasteiger partial charge in [0.1, 0.15) is 6.61 Å². The Labute approximate surface area is 156 Å². The van der Waals surface area contributed by atoms with Gasteiger partial charge in [0, 0.05) is 42.9 Å². The van der Waals surface area contributed by atoms with Crippen molar-refractivity contribution >= 4 is 30.3 Å². The topological polar surface area (TPSA) is 102 Å². The number of amides is 2. The maximum atomic E-state index is 12.5. The third kappa shape index (κ3) is 4.27. The minimum Gasteiger partial charge on any atom is -0.445 e. The molecule has 0 saturated carbocycles. The highest BCUT2D eigenvalue weighted by molar-refractivity contribution is 7.81. The molecule has 140 valence electrons. The summed E-state index contributed by atoms with van der Waals surface area (Å²) in [6, 6.07) is 5.85. The number of nitro groups is 1. The number of likely N-dealkylation sites (tertiary alicyclic amines) is 1. The molecule has 26 heavy (non-hydrogen) atoms. The summed E-state index contributed by atoms with van der Waals surface area (Å²) in [7, 11) is 0. The summed E-state index contributed by atoms with van der Waals surface area (Å²) in [5.74, 6) is 0.135. The van der Waals surface area contributed by atoms with Crippen molar-refractivity contribution < 1.29 is 19.2 Å². The Morgan fingerprint density at radius 3 is 2.77 bits per heavy atom. The van der Waals surface area contributed by atoms with Gasteiger partial charge in [0.15, 0.2) is 0 Å². The van der Waals surface area contributed by atoms with Crippen molar-refractivity contribution in [2.75, 3.05) is 13.1 Å². The van der Waals surface area contributed by atoms with Crippen LogP contribution >= 0.6 is 12.6 Å². The molecule has 1 aromatic carbocycles. The first-order chi connectivity index (χ1) is 12.4. The SMILES string of the molecule is O=C1C[C@@H]([C@@H]2C[C@H](S)CN2C(=O)OCc2ccc([N+](=O)[O-])cc2)CCN1. The molecule has 2 amide bonds. The van der Waals surface area contributed by atoms with Crippen LogP contribution in [0.3, 0.4) is 0 Å². The molecule has 2 aliphatic rings. The predicted molar refractivity (Wildman–Crippen MR) is 96.9 cm³/mol. The Morgan fingerprint density at radius 2 is 2.12 bits per heavy atom. The molecule has 0 radical (unpaired) electrons. The quantitative estimate of drug-likeness (QED) is 0.474. The molecule has 0 spiro atoms. The third-order valence-electron chi connectivity index (χ3n) is 4.89. The van der Waals surface area contributed by atoms with Gasteiger partial charge in [-0.05, 0) is 36.5 Å². The van der Waals surface area contributed by atoms with Crippen LogP contribution in [0.5, 0.6) is 0 Å². The monoisotopic (exact) mass is 379 g/mol. The molecule has 2 fully saturated rings. The molecule has 8 nitrogen and oxygen atoms in total. The van der Waals surface area contributed by atoms with Gasteiger partial charge in [-0.1, -0.05) is 0 Å². The summed E-state index contributed by atoms with van der Waals surface area (Å²) in [6.07, 6.45) is 1.56. The zero-order chi connectivity index (χ0) is 18.7. The van der Waals surface area contributed by atoms with Crippen LogP contribution < -0.4 is 5.32 Å². The Balaban J connectivity index is 1.60. The van der Waals surface area contributed by atoms with Gasteiger partial charge in [0.25, 0.3) is 5.69 Å². The van der Waals surface area contributed by atoms with E-state index in [0.29, 0.717) is 25.1 Å². The van der Waals surface area contributed by atoms with Gasteiger partial charge in [-0.25, -0.2) is 4.79 Å². The molecule has 0 aromatic heterocycles. The molecule has 3 atom stereocenters. The molecule has 1 N–H and O–H groups in total. The van der Waals surface area contributed by atoms with Crippen LogP contribution in [0.1, 0.15) is 24.8 Å². The summed E-state index contributed by atoms with van der Waals surface area (Å²) < 4.78 is 5.39. The number of nitrogens with one attached hydrogen (secondary N) is 1. The highest BCUT2D eigenvalue weighted by Gasteiger charge is 2.40. The zero-order valence-corrected chi connectivity index (χ0v) is 15.1. The van der Waals surface area contributed by atoms with Crippen molar-refractivity contribution in [3.8, 4) is 0 Å². The average molecular weight is 379 g/mol. The molecule has 0 aliphatic carbocycles. The number of rotatable bonds is 4. The van der Waals surface area contributed by atoms with Gasteiger partial charge >= 0.3 is 6.09 Å². The minimum absolute atomic E-state index is 0.00632. The van der Waals surface area contributed by atoms with E-state index >= 15 is 0 Å². The van der Waals surface area contributed by atoms with Crippen LogP contribution in [0.4, 0.5) is 10.5 Å². The normalized spacial score (nSPS) is 25.7. The Morgan fingerprint density at radius 1 is 1.38 bits per heavy atom. The summed E-state index contributed by atoms with van der Waals surface area (Å²) in [5.41, 5.74) is 0.673. The maximum absolute atomic E-state index is 12.5. The summed E-state index contributed by atoms with van der Waals surface area (Å²) in [5, 5.41) is 13.5. The van der Waals surface area contributed by atoms with Crippen LogP contribution in [-0.2, 0) is 16.1 Å². The van der Waals surface area contributed by atoms with Crippen LogP contribution in [0.25, 0.3) is 0 Å². The average Bonchev–Trinajstić information content (AvgIpc) is 3.02. The highest BCUT2D eigenvalue weighted by atomic mass is 32.1. The zero-order valence-electron chi connectivity index (χ0n) is 14.2. The first kappa shape index (κ1) is 18.5. The van der Waals surface area contributed by atoms with Crippen LogP contribution in [0, 0.1) is 16.0 Å². The molecule has 1 aromatic rings. The lowest BCUT2D eigenvalue weighted by atomic mass is 9.88. The smallest absolute Gasteiger partial charge is 0.410 e. The molecule has 3 rings (SSSR count). The van der Waals surface area contributed by atoms with Gasteiger partial charge in [-0.2, -0.15) is 12.6 Å². The molecule has 2 saturated heterocycles. The first-order valence-corrected chi connectivity index (χ1v) is 9.07. The van der Waals surface area contributed by atoms with Gasteiger partial charge in [-0.3, -0.25) is 14.9 Å². The third-order valence-corrected chi connectivity index (χ3v) is 5.27. The van der Waals surface area contributed by atoms with Crippen molar-refractivity contribution in [1.29, 1.82) is 0 Å². The lowest BCUT2D eigenvalue weighted by Gasteiger charge is -2.33. The van der Waals surface area contributed by atoms with Crippen LogP contribution in [-0.4, -0.2) is 46.2 Å². The van der Waals surface area contributed by atoms with E-state index in [4.69, 9.17) is 4.74 Å². The Bertz CT molecular complexity index is 696. The fourth-order valence-electron chi connectivity index (χ4n) is 3.58. The van der Waals surface area contributed by atoms with E-state index in [-0.39, 0.29) is 35.4 Å². The van der Waals surface area contributed by atoms with Gasteiger partial charge in [-0.15, -0.1) is 0 Å². The van der Waals surface area contributed by atoms with Crippen molar-refractivity contribution in [1.82, 2.24) is 10.2 Å². The summed E-state index contributed by atoms with van der Waals surface area (Å²) >= 11 is 4.50. The molecular weight excluding hydrogens is 358 g/mol. The molecule has 0 unspecified atom stereocenters. The van der Waals surface area contributed by atoms with Gasteiger partial charge in [0.05, 0.1) is 4.92 Å². The number of carbonyl (C=O) groups excluding carboxylic acids is 2. The molecule has 9 heteroatoms. The Kier molecular flexibility index (Phi) is 5.65.